The number of benzene rings is 1. The van der Waals surface area contributed by atoms with Crippen LogP contribution in [0, 0.1) is 24.7 Å². The van der Waals surface area contributed by atoms with Crippen LogP contribution in [0.3, 0.4) is 0 Å². The van der Waals surface area contributed by atoms with Crippen LogP contribution in [0.1, 0.15) is 49.8 Å². The van der Waals surface area contributed by atoms with E-state index in [0.29, 0.717) is 0 Å². The molecule has 2 aliphatic rings. The Labute approximate surface area is 115 Å². The molecule has 0 bridgehead atoms. The summed E-state index contributed by atoms with van der Waals surface area (Å²) < 4.78 is 0. The fourth-order valence-corrected chi connectivity index (χ4v) is 3.44. The predicted molar refractivity (Wildman–Crippen MR) is 76.7 cm³/mol. The van der Waals surface area contributed by atoms with Gasteiger partial charge < -0.3 is 5.32 Å². The highest BCUT2D eigenvalue weighted by molar-refractivity contribution is 5.79. The second-order valence-corrected chi connectivity index (χ2v) is 6.30. The first-order chi connectivity index (χ1) is 9.17. The standard InChI is InChI=1S/C17H23NO/c1-3-16(12-6-4-11(2)5-7-12)18-17(19)15-9-13-8-14(13)10-15/h4-7,13-16H,3,8-10H2,1-2H3,(H,18,19). The van der Waals surface area contributed by atoms with Crippen molar-refractivity contribution in [1.82, 2.24) is 5.32 Å². The molecule has 2 nitrogen and oxygen atoms in total. The van der Waals surface area contributed by atoms with Crippen molar-refractivity contribution in [3.05, 3.63) is 35.4 Å². The molecule has 0 aliphatic heterocycles. The van der Waals surface area contributed by atoms with Gasteiger partial charge in [-0.15, -0.1) is 0 Å². The number of carbonyl (C=O) groups is 1. The van der Waals surface area contributed by atoms with Gasteiger partial charge in [0.1, 0.15) is 0 Å². The average molecular weight is 257 g/mol. The first-order valence-corrected chi connectivity index (χ1v) is 7.54. The lowest BCUT2D eigenvalue weighted by molar-refractivity contribution is -0.125. The fraction of sp³-hybridized carbons (Fsp3) is 0.588. The molecule has 102 valence electrons. The molecule has 3 rings (SSSR count). The van der Waals surface area contributed by atoms with Gasteiger partial charge in [-0.1, -0.05) is 36.8 Å². The van der Waals surface area contributed by atoms with Crippen molar-refractivity contribution < 1.29 is 4.79 Å². The quantitative estimate of drug-likeness (QED) is 0.877. The Hall–Kier alpha value is -1.31. The summed E-state index contributed by atoms with van der Waals surface area (Å²) >= 11 is 0. The Morgan fingerprint density at radius 1 is 1.21 bits per heavy atom. The van der Waals surface area contributed by atoms with E-state index >= 15 is 0 Å². The van der Waals surface area contributed by atoms with Crippen LogP contribution in [0.15, 0.2) is 24.3 Å². The molecule has 2 aliphatic carbocycles. The van der Waals surface area contributed by atoms with E-state index < -0.39 is 0 Å². The van der Waals surface area contributed by atoms with Gasteiger partial charge in [0.2, 0.25) is 5.91 Å². The van der Waals surface area contributed by atoms with Gasteiger partial charge in [0.15, 0.2) is 0 Å². The molecule has 0 radical (unpaired) electrons. The molecule has 0 heterocycles. The summed E-state index contributed by atoms with van der Waals surface area (Å²) in [6.45, 7) is 4.23. The zero-order chi connectivity index (χ0) is 13.4. The summed E-state index contributed by atoms with van der Waals surface area (Å²) in [5.74, 6) is 2.30. The van der Waals surface area contributed by atoms with Gasteiger partial charge in [-0.05, 0) is 50.0 Å². The van der Waals surface area contributed by atoms with E-state index in [1.54, 1.807) is 0 Å². The molecule has 0 spiro atoms. The SMILES string of the molecule is CCC(NC(=O)C1CC2CC2C1)c1ccc(C)cc1. The van der Waals surface area contributed by atoms with E-state index in [0.717, 1.165) is 31.1 Å². The minimum Gasteiger partial charge on any atom is -0.349 e. The van der Waals surface area contributed by atoms with Crippen LogP contribution >= 0.6 is 0 Å². The third kappa shape index (κ3) is 2.68. The third-order valence-electron chi connectivity index (χ3n) is 4.82. The van der Waals surface area contributed by atoms with Gasteiger partial charge >= 0.3 is 0 Å². The van der Waals surface area contributed by atoms with Gasteiger partial charge in [0, 0.05) is 5.92 Å². The molecular formula is C17H23NO. The molecule has 1 N–H and O–H groups in total. The summed E-state index contributed by atoms with van der Waals surface area (Å²) in [5, 5.41) is 3.25. The monoisotopic (exact) mass is 257 g/mol. The molecule has 1 amide bonds. The lowest BCUT2D eigenvalue weighted by atomic mass is 9.99. The second-order valence-electron chi connectivity index (χ2n) is 6.30. The molecule has 2 heteroatoms. The molecule has 2 saturated carbocycles. The minimum atomic E-state index is 0.171. The zero-order valence-corrected chi connectivity index (χ0v) is 11.9. The van der Waals surface area contributed by atoms with Crippen molar-refractivity contribution in [1.29, 1.82) is 0 Å². The van der Waals surface area contributed by atoms with E-state index in [9.17, 15) is 4.79 Å². The van der Waals surface area contributed by atoms with Crippen LogP contribution in [0.25, 0.3) is 0 Å². The maximum Gasteiger partial charge on any atom is 0.223 e. The van der Waals surface area contributed by atoms with E-state index in [4.69, 9.17) is 0 Å². The third-order valence-corrected chi connectivity index (χ3v) is 4.82. The fourth-order valence-electron chi connectivity index (χ4n) is 3.44. The van der Waals surface area contributed by atoms with Crippen molar-refractivity contribution in [2.24, 2.45) is 17.8 Å². The van der Waals surface area contributed by atoms with Gasteiger partial charge in [0.25, 0.3) is 0 Å². The van der Waals surface area contributed by atoms with Gasteiger partial charge in [-0.3, -0.25) is 4.79 Å². The van der Waals surface area contributed by atoms with Crippen LogP contribution < -0.4 is 5.32 Å². The topological polar surface area (TPSA) is 29.1 Å². The Morgan fingerprint density at radius 3 is 2.42 bits per heavy atom. The summed E-state index contributed by atoms with van der Waals surface area (Å²) in [7, 11) is 0. The first-order valence-electron chi connectivity index (χ1n) is 7.54. The van der Waals surface area contributed by atoms with Crippen LogP contribution in [0.4, 0.5) is 0 Å². The van der Waals surface area contributed by atoms with Gasteiger partial charge in [-0.2, -0.15) is 0 Å². The van der Waals surface area contributed by atoms with E-state index in [1.165, 1.54) is 17.5 Å². The van der Waals surface area contributed by atoms with Crippen LogP contribution in [-0.2, 0) is 4.79 Å². The number of nitrogens with one attached hydrogen (secondary N) is 1. The summed E-state index contributed by atoms with van der Waals surface area (Å²) in [6, 6.07) is 8.68. The average Bonchev–Trinajstić information content (AvgIpc) is 3.03. The highest BCUT2D eigenvalue weighted by atomic mass is 16.1. The lowest BCUT2D eigenvalue weighted by Gasteiger charge is -2.20. The molecule has 0 saturated heterocycles. The van der Waals surface area contributed by atoms with Crippen molar-refractivity contribution in [3.8, 4) is 0 Å². The number of hydrogen-bond acceptors (Lipinski definition) is 1. The maximum atomic E-state index is 12.3. The normalized spacial score (nSPS) is 29.7. The Balaban J connectivity index is 1.62. The van der Waals surface area contributed by atoms with Crippen molar-refractivity contribution >= 4 is 5.91 Å². The summed E-state index contributed by atoms with van der Waals surface area (Å²) in [4.78, 5) is 12.3. The van der Waals surface area contributed by atoms with Gasteiger partial charge in [-0.25, -0.2) is 0 Å². The molecule has 2 fully saturated rings. The number of carbonyl (C=O) groups excluding carboxylic acids is 1. The Kier molecular flexibility index (Phi) is 3.34. The number of fused-ring (bicyclic) bond motifs is 1. The zero-order valence-electron chi connectivity index (χ0n) is 11.9. The molecule has 1 aromatic rings. The lowest BCUT2D eigenvalue weighted by Crippen LogP contribution is -2.33. The minimum absolute atomic E-state index is 0.171. The van der Waals surface area contributed by atoms with E-state index in [1.807, 2.05) is 0 Å². The smallest absolute Gasteiger partial charge is 0.223 e. The largest absolute Gasteiger partial charge is 0.349 e. The molecule has 3 atom stereocenters. The predicted octanol–water partition coefficient (Wildman–Crippen LogP) is 3.61. The number of aryl methyl sites for hydroxylation is 1. The summed E-state index contributed by atoms with van der Waals surface area (Å²) in [6.07, 6.45) is 4.58. The van der Waals surface area contributed by atoms with E-state index in [2.05, 4.69) is 43.4 Å². The number of hydrogen-bond donors (Lipinski definition) is 1. The highest BCUT2D eigenvalue weighted by Gasteiger charge is 2.48. The highest BCUT2D eigenvalue weighted by Crippen LogP contribution is 2.54. The first kappa shape index (κ1) is 12.7. The second kappa shape index (κ2) is 4.99. The van der Waals surface area contributed by atoms with E-state index in [-0.39, 0.29) is 17.9 Å². The van der Waals surface area contributed by atoms with Crippen LogP contribution in [0.2, 0.25) is 0 Å². The number of amides is 1. The van der Waals surface area contributed by atoms with Crippen LogP contribution in [-0.4, -0.2) is 5.91 Å². The maximum absolute atomic E-state index is 12.3. The Bertz CT molecular complexity index is 455. The molecule has 0 aromatic heterocycles. The van der Waals surface area contributed by atoms with Crippen molar-refractivity contribution in [2.45, 2.75) is 45.6 Å². The Morgan fingerprint density at radius 2 is 1.84 bits per heavy atom. The molecule has 3 unspecified atom stereocenters. The summed E-state index contributed by atoms with van der Waals surface area (Å²) in [5.41, 5.74) is 2.49. The van der Waals surface area contributed by atoms with Gasteiger partial charge in [0.05, 0.1) is 6.04 Å². The molecular weight excluding hydrogens is 234 g/mol. The number of rotatable bonds is 4. The molecule has 1 aromatic carbocycles. The van der Waals surface area contributed by atoms with Crippen molar-refractivity contribution in [2.75, 3.05) is 0 Å². The molecule has 19 heavy (non-hydrogen) atoms. The van der Waals surface area contributed by atoms with Crippen molar-refractivity contribution in [3.63, 3.8) is 0 Å². The van der Waals surface area contributed by atoms with Crippen LogP contribution in [0.5, 0.6) is 0 Å².